The standard InChI is InChI=1S/C14H18FNO/c1-4-5-8-17-14-7-6-13(15)9-12(14)10-16-11(2)3/h1,6-7,9,11,16H,5,8,10H2,2-3H3. The first-order chi connectivity index (χ1) is 8.13. The Balaban J connectivity index is 2.70. The van der Waals surface area contributed by atoms with E-state index in [-0.39, 0.29) is 5.82 Å². The molecule has 1 rings (SSSR count). The van der Waals surface area contributed by atoms with Gasteiger partial charge in [-0.1, -0.05) is 13.8 Å². The van der Waals surface area contributed by atoms with E-state index in [0.29, 0.717) is 31.4 Å². The zero-order chi connectivity index (χ0) is 12.7. The maximum Gasteiger partial charge on any atom is 0.124 e. The van der Waals surface area contributed by atoms with Crippen molar-refractivity contribution in [1.29, 1.82) is 0 Å². The number of hydrogen-bond donors (Lipinski definition) is 1. The molecule has 0 radical (unpaired) electrons. The van der Waals surface area contributed by atoms with Crippen LogP contribution in [-0.4, -0.2) is 12.6 Å². The summed E-state index contributed by atoms with van der Waals surface area (Å²) in [5.41, 5.74) is 0.815. The summed E-state index contributed by atoms with van der Waals surface area (Å²) < 4.78 is 18.7. The van der Waals surface area contributed by atoms with Gasteiger partial charge in [-0.15, -0.1) is 12.3 Å². The Kier molecular flexibility index (Phi) is 5.51. The van der Waals surface area contributed by atoms with Gasteiger partial charge in [0.15, 0.2) is 0 Å². The Morgan fingerprint density at radius 2 is 2.24 bits per heavy atom. The molecule has 0 amide bonds. The molecule has 1 aromatic rings. The lowest BCUT2D eigenvalue weighted by molar-refractivity contribution is 0.321. The highest BCUT2D eigenvalue weighted by atomic mass is 19.1. The number of halogens is 1. The number of terminal acetylenes is 1. The Morgan fingerprint density at radius 3 is 2.88 bits per heavy atom. The fourth-order valence-corrected chi connectivity index (χ4v) is 1.36. The molecule has 0 unspecified atom stereocenters. The Labute approximate surface area is 102 Å². The van der Waals surface area contributed by atoms with Crippen molar-refractivity contribution in [2.24, 2.45) is 0 Å². The molecule has 1 N–H and O–H groups in total. The number of nitrogens with one attached hydrogen (secondary N) is 1. The highest BCUT2D eigenvalue weighted by Gasteiger charge is 2.06. The van der Waals surface area contributed by atoms with Crippen LogP contribution in [0.25, 0.3) is 0 Å². The molecule has 0 spiro atoms. The highest BCUT2D eigenvalue weighted by Crippen LogP contribution is 2.20. The lowest BCUT2D eigenvalue weighted by Gasteiger charge is -2.13. The smallest absolute Gasteiger partial charge is 0.124 e. The third kappa shape index (κ3) is 4.88. The van der Waals surface area contributed by atoms with Crippen LogP contribution in [0.15, 0.2) is 18.2 Å². The molecular weight excluding hydrogens is 217 g/mol. The minimum Gasteiger partial charge on any atom is -0.492 e. The summed E-state index contributed by atoms with van der Waals surface area (Å²) in [6.07, 6.45) is 5.70. The van der Waals surface area contributed by atoms with E-state index in [1.165, 1.54) is 12.1 Å². The van der Waals surface area contributed by atoms with Gasteiger partial charge in [-0.05, 0) is 18.2 Å². The summed E-state index contributed by atoms with van der Waals surface area (Å²) in [4.78, 5) is 0. The molecule has 2 nitrogen and oxygen atoms in total. The van der Waals surface area contributed by atoms with E-state index in [1.807, 2.05) is 13.8 Å². The molecule has 17 heavy (non-hydrogen) atoms. The molecule has 0 saturated carbocycles. The van der Waals surface area contributed by atoms with Gasteiger partial charge in [-0.3, -0.25) is 0 Å². The van der Waals surface area contributed by atoms with E-state index in [9.17, 15) is 4.39 Å². The van der Waals surface area contributed by atoms with E-state index in [0.717, 1.165) is 5.56 Å². The molecule has 1 aromatic carbocycles. The lowest BCUT2D eigenvalue weighted by Crippen LogP contribution is -2.22. The largest absolute Gasteiger partial charge is 0.492 e. The molecule has 92 valence electrons. The minimum atomic E-state index is -0.255. The van der Waals surface area contributed by atoms with Crippen molar-refractivity contribution in [3.8, 4) is 18.1 Å². The van der Waals surface area contributed by atoms with Gasteiger partial charge in [0.1, 0.15) is 11.6 Å². The average Bonchev–Trinajstić information content (AvgIpc) is 2.29. The number of hydrogen-bond acceptors (Lipinski definition) is 2. The van der Waals surface area contributed by atoms with E-state index < -0.39 is 0 Å². The van der Waals surface area contributed by atoms with Crippen LogP contribution >= 0.6 is 0 Å². The second-order valence-electron chi connectivity index (χ2n) is 4.09. The van der Waals surface area contributed by atoms with Gasteiger partial charge in [0, 0.05) is 24.6 Å². The lowest BCUT2D eigenvalue weighted by atomic mass is 10.2. The molecule has 0 atom stereocenters. The van der Waals surface area contributed by atoms with Crippen molar-refractivity contribution in [3.05, 3.63) is 29.6 Å². The van der Waals surface area contributed by atoms with E-state index in [1.54, 1.807) is 6.07 Å². The molecule has 0 aliphatic rings. The second-order valence-corrected chi connectivity index (χ2v) is 4.09. The van der Waals surface area contributed by atoms with Gasteiger partial charge >= 0.3 is 0 Å². The molecule has 0 aromatic heterocycles. The molecule has 0 fully saturated rings. The average molecular weight is 235 g/mol. The monoisotopic (exact) mass is 235 g/mol. The summed E-state index contributed by atoms with van der Waals surface area (Å²) in [7, 11) is 0. The molecule has 0 bridgehead atoms. The number of benzene rings is 1. The molecule has 0 aliphatic carbocycles. The third-order valence-electron chi connectivity index (χ3n) is 2.23. The molecule has 0 saturated heterocycles. The summed E-state index contributed by atoms with van der Waals surface area (Å²) in [5.74, 6) is 2.94. The maximum absolute atomic E-state index is 13.1. The van der Waals surface area contributed by atoms with E-state index in [2.05, 4.69) is 11.2 Å². The Morgan fingerprint density at radius 1 is 1.47 bits per heavy atom. The van der Waals surface area contributed by atoms with Gasteiger partial charge in [0.25, 0.3) is 0 Å². The highest BCUT2D eigenvalue weighted by molar-refractivity contribution is 5.34. The maximum atomic E-state index is 13.1. The predicted octanol–water partition coefficient (Wildman–Crippen LogP) is 2.73. The fourth-order valence-electron chi connectivity index (χ4n) is 1.36. The van der Waals surface area contributed by atoms with Crippen LogP contribution in [0.1, 0.15) is 25.8 Å². The normalized spacial score (nSPS) is 10.3. The third-order valence-corrected chi connectivity index (χ3v) is 2.23. The number of rotatable bonds is 6. The summed E-state index contributed by atoms with van der Waals surface area (Å²) >= 11 is 0. The van der Waals surface area contributed by atoms with Gasteiger partial charge in [-0.2, -0.15) is 0 Å². The first-order valence-electron chi connectivity index (χ1n) is 5.71. The van der Waals surface area contributed by atoms with Crippen LogP contribution in [0.5, 0.6) is 5.75 Å². The van der Waals surface area contributed by atoms with Crippen molar-refractivity contribution >= 4 is 0 Å². The van der Waals surface area contributed by atoms with Crippen molar-refractivity contribution in [2.45, 2.75) is 32.9 Å². The first kappa shape index (κ1) is 13.5. The van der Waals surface area contributed by atoms with Crippen molar-refractivity contribution in [3.63, 3.8) is 0 Å². The summed E-state index contributed by atoms with van der Waals surface area (Å²) in [6, 6.07) is 4.87. The van der Waals surface area contributed by atoms with Crippen LogP contribution in [0.4, 0.5) is 4.39 Å². The van der Waals surface area contributed by atoms with Gasteiger partial charge < -0.3 is 10.1 Å². The Bertz CT molecular complexity index is 396. The van der Waals surface area contributed by atoms with Gasteiger partial charge in [-0.25, -0.2) is 4.39 Å². The zero-order valence-corrected chi connectivity index (χ0v) is 10.3. The molecule has 0 aliphatic heterocycles. The van der Waals surface area contributed by atoms with Crippen LogP contribution in [0, 0.1) is 18.2 Å². The minimum absolute atomic E-state index is 0.255. The van der Waals surface area contributed by atoms with Crippen molar-refractivity contribution in [1.82, 2.24) is 5.32 Å². The van der Waals surface area contributed by atoms with Crippen LogP contribution in [-0.2, 0) is 6.54 Å². The molecule has 3 heteroatoms. The SMILES string of the molecule is C#CCCOc1ccc(F)cc1CNC(C)C. The zero-order valence-electron chi connectivity index (χ0n) is 10.3. The van der Waals surface area contributed by atoms with Gasteiger partial charge in [0.2, 0.25) is 0 Å². The van der Waals surface area contributed by atoms with Crippen LogP contribution in [0.2, 0.25) is 0 Å². The van der Waals surface area contributed by atoms with E-state index >= 15 is 0 Å². The fraction of sp³-hybridized carbons (Fsp3) is 0.429. The molecular formula is C14H18FNO. The topological polar surface area (TPSA) is 21.3 Å². The van der Waals surface area contributed by atoms with Crippen molar-refractivity contribution < 1.29 is 9.13 Å². The van der Waals surface area contributed by atoms with Crippen molar-refractivity contribution in [2.75, 3.05) is 6.61 Å². The van der Waals surface area contributed by atoms with Crippen LogP contribution in [0.3, 0.4) is 0 Å². The Hall–Kier alpha value is -1.53. The summed E-state index contributed by atoms with van der Waals surface area (Å²) in [5, 5.41) is 3.23. The predicted molar refractivity (Wildman–Crippen MR) is 67.3 cm³/mol. The second kappa shape index (κ2) is 6.93. The first-order valence-corrected chi connectivity index (χ1v) is 5.71. The number of ether oxygens (including phenoxy) is 1. The summed E-state index contributed by atoms with van der Waals surface area (Å²) in [6.45, 7) is 5.12. The van der Waals surface area contributed by atoms with Gasteiger partial charge in [0.05, 0.1) is 6.61 Å². The molecule has 0 heterocycles. The quantitative estimate of drug-likeness (QED) is 0.604. The van der Waals surface area contributed by atoms with Crippen LogP contribution < -0.4 is 10.1 Å². The van der Waals surface area contributed by atoms with E-state index in [4.69, 9.17) is 11.2 Å².